The first kappa shape index (κ1) is 24.1. The van der Waals surface area contributed by atoms with Crippen LogP contribution in [0, 0.1) is 0 Å². The molecule has 3 saturated carbocycles. The molecule has 0 aliphatic heterocycles. The predicted molar refractivity (Wildman–Crippen MR) is 127 cm³/mol. The average molecular weight is 518 g/mol. The lowest BCUT2D eigenvalue weighted by molar-refractivity contribution is -0.108. The number of pyridine rings is 2. The molecule has 0 unspecified atom stereocenters. The highest BCUT2D eigenvalue weighted by molar-refractivity contribution is 5.58. The van der Waals surface area contributed by atoms with E-state index < -0.39 is 17.4 Å². The van der Waals surface area contributed by atoms with Gasteiger partial charge in [-0.3, -0.25) is 9.67 Å². The monoisotopic (exact) mass is 517 g/mol. The molecule has 0 bridgehead atoms. The first-order valence-electron chi connectivity index (χ1n) is 12.5. The lowest BCUT2D eigenvalue weighted by atomic mass is 9.79. The van der Waals surface area contributed by atoms with Gasteiger partial charge < -0.3 is 15.2 Å². The van der Waals surface area contributed by atoms with Crippen molar-refractivity contribution < 1.29 is 27.4 Å². The highest BCUT2D eigenvalue weighted by Gasteiger charge is 2.48. The fourth-order valence-corrected chi connectivity index (χ4v) is 5.00. The summed E-state index contributed by atoms with van der Waals surface area (Å²) in [5.74, 6) is -4.39. The number of hydrogen-bond acceptors (Lipinski definition) is 6. The van der Waals surface area contributed by atoms with Crippen LogP contribution in [0.3, 0.4) is 0 Å². The first-order chi connectivity index (χ1) is 17.6. The molecule has 3 aliphatic rings. The number of aliphatic hydroxyl groups is 1. The van der Waals surface area contributed by atoms with E-state index in [9.17, 15) is 22.7 Å². The van der Waals surface area contributed by atoms with Crippen LogP contribution in [-0.4, -0.2) is 36.7 Å². The zero-order valence-electron chi connectivity index (χ0n) is 20.0. The van der Waals surface area contributed by atoms with Crippen LogP contribution in [0.25, 0.3) is 0 Å². The number of aromatic nitrogens is 4. The number of nitrogens with zero attached hydrogens (tertiary/aromatic N) is 4. The number of alkyl halides is 4. The maximum Gasteiger partial charge on any atom is 0.249 e. The Bertz CT molecular complexity index is 1290. The fraction of sp³-hybridized carbons (Fsp3) is 0.500. The van der Waals surface area contributed by atoms with Crippen LogP contribution >= 0.6 is 0 Å². The Balaban J connectivity index is 1.18. The molecule has 3 aromatic heterocycles. The van der Waals surface area contributed by atoms with E-state index in [0.717, 1.165) is 12.8 Å². The van der Waals surface area contributed by atoms with Crippen LogP contribution in [0.2, 0.25) is 0 Å². The minimum atomic E-state index is -2.76. The maximum absolute atomic E-state index is 13.6. The minimum absolute atomic E-state index is 0.0676. The largest absolute Gasteiger partial charge is 0.454 e. The Hall–Kier alpha value is -3.21. The molecule has 3 fully saturated rings. The summed E-state index contributed by atoms with van der Waals surface area (Å²) >= 11 is 0. The third kappa shape index (κ3) is 5.14. The Labute approximate surface area is 210 Å². The molecule has 3 heterocycles. The van der Waals surface area contributed by atoms with E-state index in [1.165, 1.54) is 6.20 Å². The summed E-state index contributed by atoms with van der Waals surface area (Å²) in [6.45, 7) is 0. The van der Waals surface area contributed by atoms with Crippen molar-refractivity contribution in [2.45, 2.75) is 80.8 Å². The van der Waals surface area contributed by atoms with Gasteiger partial charge in [0.15, 0.2) is 5.75 Å². The van der Waals surface area contributed by atoms with Crippen LogP contribution in [0.15, 0.2) is 42.9 Å². The number of anilines is 2. The molecule has 0 atom stereocenters. The molecule has 3 aliphatic carbocycles. The summed E-state index contributed by atoms with van der Waals surface area (Å²) in [5.41, 5.74) is 0.0530. The van der Waals surface area contributed by atoms with Crippen molar-refractivity contribution >= 4 is 11.5 Å². The summed E-state index contributed by atoms with van der Waals surface area (Å²) in [5, 5.41) is 18.6. The summed E-state index contributed by atoms with van der Waals surface area (Å²) in [4.78, 5) is 8.54. The molecule has 11 heteroatoms. The summed E-state index contributed by atoms with van der Waals surface area (Å²) in [6, 6.07) is 6.95. The number of hydrogen-bond donors (Lipinski definition) is 2. The van der Waals surface area contributed by atoms with Gasteiger partial charge in [0.05, 0.1) is 17.9 Å². The topological polar surface area (TPSA) is 85.1 Å². The molecule has 6 rings (SSSR count). The SMILES string of the molecule is OC1(c2cc(Nc3cc(Oc4cn(C5CC5)nc4C4CC(F)(F)C4)ccn3)ccn2)CCC(F)(F)CC1. The van der Waals surface area contributed by atoms with E-state index in [4.69, 9.17) is 4.74 Å². The number of halogens is 4. The molecule has 7 nitrogen and oxygen atoms in total. The van der Waals surface area contributed by atoms with E-state index in [1.54, 1.807) is 36.7 Å². The zero-order chi connectivity index (χ0) is 25.8. The van der Waals surface area contributed by atoms with Crippen molar-refractivity contribution in [3.05, 3.63) is 54.2 Å². The molecule has 196 valence electrons. The molecule has 0 radical (unpaired) electrons. The van der Waals surface area contributed by atoms with Gasteiger partial charge >= 0.3 is 0 Å². The standard InChI is InChI=1S/C26H27F4N5O2/c27-25(28)7-5-24(36,6-8-25)21-11-17(3-9-31-21)33-22-12-19(4-10-32-22)37-20-15-35(18-1-2-18)34-23(20)16-13-26(29,30)14-16/h3-4,9-12,15-16,18,36H,1-2,5-8,13-14H2,(H,31,32,33). The smallest absolute Gasteiger partial charge is 0.249 e. The number of ether oxygens (including phenoxy) is 1. The molecular formula is C26H27F4N5O2. The van der Waals surface area contributed by atoms with E-state index in [2.05, 4.69) is 20.4 Å². The molecule has 0 saturated heterocycles. The molecule has 3 aromatic rings. The third-order valence-corrected chi connectivity index (χ3v) is 7.40. The summed E-state index contributed by atoms with van der Waals surface area (Å²) in [6.07, 6.45) is 5.49. The van der Waals surface area contributed by atoms with Gasteiger partial charge in [0, 0.05) is 55.7 Å². The Morgan fingerprint density at radius 1 is 0.946 bits per heavy atom. The van der Waals surface area contributed by atoms with E-state index in [-0.39, 0.29) is 50.5 Å². The van der Waals surface area contributed by atoms with E-state index in [0.29, 0.717) is 34.4 Å². The lowest BCUT2D eigenvalue weighted by Crippen LogP contribution is -2.37. The zero-order valence-corrected chi connectivity index (χ0v) is 20.0. The van der Waals surface area contributed by atoms with Gasteiger partial charge in [-0.15, -0.1) is 0 Å². The summed E-state index contributed by atoms with van der Waals surface area (Å²) in [7, 11) is 0. The number of nitrogens with one attached hydrogen (secondary N) is 1. The van der Waals surface area contributed by atoms with Crippen LogP contribution in [0.1, 0.15) is 74.7 Å². The van der Waals surface area contributed by atoms with Crippen molar-refractivity contribution in [3.8, 4) is 11.5 Å². The normalized spacial score (nSPS) is 22.3. The van der Waals surface area contributed by atoms with E-state index >= 15 is 0 Å². The van der Waals surface area contributed by atoms with Crippen molar-refractivity contribution in [1.82, 2.24) is 19.7 Å². The Kier molecular flexibility index (Phi) is 5.66. The third-order valence-electron chi connectivity index (χ3n) is 7.40. The highest BCUT2D eigenvalue weighted by Crippen LogP contribution is 2.51. The van der Waals surface area contributed by atoms with Gasteiger partial charge in [0.2, 0.25) is 11.8 Å². The van der Waals surface area contributed by atoms with Crippen molar-refractivity contribution in [2.75, 3.05) is 5.32 Å². The average Bonchev–Trinajstić information content (AvgIpc) is 3.61. The van der Waals surface area contributed by atoms with Gasteiger partial charge in [0.1, 0.15) is 22.9 Å². The van der Waals surface area contributed by atoms with Gasteiger partial charge in [-0.2, -0.15) is 5.10 Å². The van der Waals surface area contributed by atoms with Gasteiger partial charge in [-0.1, -0.05) is 0 Å². The Morgan fingerprint density at radius 3 is 2.38 bits per heavy atom. The predicted octanol–water partition coefficient (Wildman–Crippen LogP) is 6.45. The van der Waals surface area contributed by atoms with Crippen LogP contribution in [0.5, 0.6) is 11.5 Å². The minimum Gasteiger partial charge on any atom is -0.454 e. The van der Waals surface area contributed by atoms with Gasteiger partial charge in [0.25, 0.3) is 0 Å². The van der Waals surface area contributed by atoms with Crippen molar-refractivity contribution in [2.24, 2.45) is 0 Å². The Morgan fingerprint density at radius 2 is 1.68 bits per heavy atom. The number of rotatable bonds is 7. The molecule has 0 aromatic carbocycles. The van der Waals surface area contributed by atoms with Gasteiger partial charge in [-0.25, -0.2) is 22.5 Å². The van der Waals surface area contributed by atoms with Crippen LogP contribution < -0.4 is 10.1 Å². The summed E-state index contributed by atoms with van der Waals surface area (Å²) < 4.78 is 62.2. The quantitative estimate of drug-likeness (QED) is 0.350. The van der Waals surface area contributed by atoms with Gasteiger partial charge in [-0.05, 0) is 43.9 Å². The second-order valence-electron chi connectivity index (χ2n) is 10.5. The molecule has 2 N–H and O–H groups in total. The maximum atomic E-state index is 13.6. The second kappa shape index (κ2) is 8.68. The second-order valence-corrected chi connectivity index (χ2v) is 10.5. The lowest BCUT2D eigenvalue weighted by Gasteiger charge is -2.35. The molecule has 0 amide bonds. The first-order valence-corrected chi connectivity index (χ1v) is 12.5. The van der Waals surface area contributed by atoms with E-state index in [1.807, 2.05) is 4.68 Å². The van der Waals surface area contributed by atoms with Crippen molar-refractivity contribution in [1.29, 1.82) is 0 Å². The molecular weight excluding hydrogens is 490 g/mol. The van der Waals surface area contributed by atoms with Crippen LogP contribution in [0.4, 0.5) is 29.1 Å². The highest BCUT2D eigenvalue weighted by atomic mass is 19.3. The van der Waals surface area contributed by atoms with Crippen molar-refractivity contribution in [3.63, 3.8) is 0 Å². The fourth-order valence-electron chi connectivity index (χ4n) is 5.00. The molecule has 0 spiro atoms. The van der Waals surface area contributed by atoms with Crippen LogP contribution in [-0.2, 0) is 5.60 Å². The molecule has 37 heavy (non-hydrogen) atoms.